The maximum atomic E-state index is 12.6. The first-order valence-corrected chi connectivity index (χ1v) is 7.19. The minimum atomic E-state index is -0.750. The van der Waals surface area contributed by atoms with Gasteiger partial charge in [0.15, 0.2) is 0 Å². The molecule has 0 aromatic heterocycles. The van der Waals surface area contributed by atoms with Gasteiger partial charge in [-0.25, -0.2) is 0 Å². The van der Waals surface area contributed by atoms with Crippen molar-refractivity contribution in [3.63, 3.8) is 0 Å². The van der Waals surface area contributed by atoms with Gasteiger partial charge >= 0.3 is 0 Å². The van der Waals surface area contributed by atoms with Crippen molar-refractivity contribution in [3.05, 3.63) is 0 Å². The fourth-order valence-electron chi connectivity index (χ4n) is 2.88. The summed E-state index contributed by atoms with van der Waals surface area (Å²) < 4.78 is 5.54. The van der Waals surface area contributed by atoms with E-state index in [0.717, 1.165) is 12.8 Å². The Morgan fingerprint density at radius 2 is 2.00 bits per heavy atom. The summed E-state index contributed by atoms with van der Waals surface area (Å²) in [5.41, 5.74) is -0.750. The van der Waals surface area contributed by atoms with Crippen molar-refractivity contribution in [1.29, 1.82) is 0 Å². The van der Waals surface area contributed by atoms with E-state index in [9.17, 15) is 9.59 Å². The minimum absolute atomic E-state index is 0.0436. The molecule has 0 spiro atoms. The number of hydrogen-bond acceptors (Lipinski definition) is 3. The third kappa shape index (κ3) is 2.36. The van der Waals surface area contributed by atoms with Crippen LogP contribution in [0.25, 0.3) is 0 Å². The van der Waals surface area contributed by atoms with Crippen LogP contribution in [0.3, 0.4) is 0 Å². The third-order valence-corrected chi connectivity index (χ3v) is 4.48. The molecular weight excluding hydrogens is 244 g/mol. The summed E-state index contributed by atoms with van der Waals surface area (Å²) in [6.07, 6.45) is 2.55. The van der Waals surface area contributed by atoms with Crippen LogP contribution in [0, 0.1) is 0 Å². The van der Waals surface area contributed by atoms with Crippen LogP contribution in [0.15, 0.2) is 0 Å². The number of rotatable bonds is 4. The molecule has 5 heteroatoms. The zero-order chi connectivity index (χ0) is 14.2. The summed E-state index contributed by atoms with van der Waals surface area (Å²) in [6.45, 7) is 8.22. The first-order chi connectivity index (χ1) is 8.92. The molecule has 0 radical (unpaired) electrons. The lowest BCUT2D eigenvalue weighted by atomic mass is 9.83. The van der Waals surface area contributed by atoms with Gasteiger partial charge in [0.05, 0.1) is 6.10 Å². The van der Waals surface area contributed by atoms with Crippen LogP contribution in [0.4, 0.5) is 0 Å². The molecule has 2 fully saturated rings. The minimum Gasteiger partial charge on any atom is -0.378 e. The number of carbonyl (C=O) groups excluding carboxylic acids is 2. The second-order valence-electron chi connectivity index (χ2n) is 5.77. The number of amides is 2. The Hall–Kier alpha value is -1.10. The van der Waals surface area contributed by atoms with E-state index in [-0.39, 0.29) is 30.0 Å². The molecule has 1 heterocycles. The highest BCUT2D eigenvalue weighted by atomic mass is 16.5. The average Bonchev–Trinajstić information content (AvgIpc) is 2.33. The molecule has 1 saturated carbocycles. The summed E-state index contributed by atoms with van der Waals surface area (Å²) >= 11 is 0. The van der Waals surface area contributed by atoms with Crippen LogP contribution in [0.1, 0.15) is 47.0 Å². The molecule has 2 atom stereocenters. The van der Waals surface area contributed by atoms with E-state index in [2.05, 4.69) is 5.32 Å². The van der Waals surface area contributed by atoms with Crippen LogP contribution in [0.2, 0.25) is 0 Å². The van der Waals surface area contributed by atoms with Crippen molar-refractivity contribution in [2.45, 2.75) is 70.7 Å². The normalized spacial score (nSPS) is 38.9. The Morgan fingerprint density at radius 3 is 2.53 bits per heavy atom. The smallest absolute Gasteiger partial charge is 0.248 e. The molecule has 0 bridgehead atoms. The maximum Gasteiger partial charge on any atom is 0.248 e. The summed E-state index contributed by atoms with van der Waals surface area (Å²) in [5.74, 6) is -0.00846. The Labute approximate surface area is 114 Å². The van der Waals surface area contributed by atoms with Crippen LogP contribution in [-0.2, 0) is 14.3 Å². The van der Waals surface area contributed by atoms with Crippen molar-refractivity contribution in [2.24, 2.45) is 0 Å². The summed E-state index contributed by atoms with van der Waals surface area (Å²) in [7, 11) is 0. The van der Waals surface area contributed by atoms with Crippen LogP contribution in [0.5, 0.6) is 0 Å². The highest BCUT2D eigenvalue weighted by Crippen LogP contribution is 2.33. The number of hydrogen-bond donors (Lipinski definition) is 1. The van der Waals surface area contributed by atoms with Gasteiger partial charge in [0, 0.05) is 12.6 Å². The average molecular weight is 268 g/mol. The molecule has 2 amide bonds. The molecule has 19 heavy (non-hydrogen) atoms. The second-order valence-corrected chi connectivity index (χ2v) is 5.77. The molecule has 5 nitrogen and oxygen atoms in total. The molecule has 0 aromatic carbocycles. The predicted molar refractivity (Wildman–Crippen MR) is 71.6 cm³/mol. The van der Waals surface area contributed by atoms with Crippen LogP contribution < -0.4 is 5.32 Å². The Bertz CT molecular complexity index is 379. The quantitative estimate of drug-likeness (QED) is 0.829. The van der Waals surface area contributed by atoms with Gasteiger partial charge < -0.3 is 15.0 Å². The number of piperazine rings is 1. The molecule has 2 aliphatic rings. The van der Waals surface area contributed by atoms with Gasteiger partial charge in [-0.15, -0.1) is 0 Å². The number of nitrogens with one attached hydrogen (secondary N) is 1. The van der Waals surface area contributed by atoms with E-state index in [4.69, 9.17) is 4.74 Å². The first-order valence-electron chi connectivity index (χ1n) is 7.19. The molecule has 1 saturated heterocycles. The third-order valence-electron chi connectivity index (χ3n) is 4.48. The Balaban J connectivity index is 2.10. The molecule has 2 rings (SSSR count). The van der Waals surface area contributed by atoms with Crippen molar-refractivity contribution in [1.82, 2.24) is 10.2 Å². The summed E-state index contributed by atoms with van der Waals surface area (Å²) in [6, 6.07) is -0.226. The highest BCUT2D eigenvalue weighted by Gasteiger charge is 2.50. The topological polar surface area (TPSA) is 58.6 Å². The van der Waals surface area contributed by atoms with Crippen molar-refractivity contribution < 1.29 is 14.3 Å². The van der Waals surface area contributed by atoms with Gasteiger partial charge in [-0.05, 0) is 40.0 Å². The lowest BCUT2D eigenvalue weighted by Crippen LogP contribution is -2.71. The summed E-state index contributed by atoms with van der Waals surface area (Å²) in [5, 5.41) is 2.85. The van der Waals surface area contributed by atoms with Crippen molar-refractivity contribution in [3.8, 4) is 0 Å². The van der Waals surface area contributed by atoms with E-state index in [1.165, 1.54) is 0 Å². The fraction of sp³-hybridized carbons (Fsp3) is 0.857. The molecule has 108 valence electrons. The SMILES string of the molecule is CCOC1CC(N2C(=O)C(C)(CC)NC(=O)C2C)C1. The molecule has 1 N–H and O–H groups in total. The van der Waals surface area contributed by atoms with Gasteiger partial charge in [-0.1, -0.05) is 6.92 Å². The first kappa shape index (κ1) is 14.3. The fourth-order valence-corrected chi connectivity index (χ4v) is 2.88. The zero-order valence-electron chi connectivity index (χ0n) is 12.2. The molecule has 1 aliphatic heterocycles. The van der Waals surface area contributed by atoms with E-state index in [1.54, 1.807) is 11.8 Å². The molecule has 2 unspecified atom stereocenters. The lowest BCUT2D eigenvalue weighted by molar-refractivity contribution is -0.163. The van der Waals surface area contributed by atoms with Crippen LogP contribution in [-0.4, -0.2) is 47.0 Å². The lowest BCUT2D eigenvalue weighted by Gasteiger charge is -2.50. The van der Waals surface area contributed by atoms with Gasteiger partial charge in [-0.3, -0.25) is 9.59 Å². The van der Waals surface area contributed by atoms with E-state index < -0.39 is 5.54 Å². The maximum absolute atomic E-state index is 12.6. The number of ether oxygens (including phenoxy) is 1. The van der Waals surface area contributed by atoms with E-state index in [0.29, 0.717) is 13.0 Å². The molecule has 0 aromatic rings. The standard InChI is InChI=1S/C14H24N2O3/c1-5-14(4)13(18)16(9(3)12(17)15-14)10-7-11(8-10)19-6-2/h9-11H,5-8H2,1-4H3,(H,15,17). The summed E-state index contributed by atoms with van der Waals surface area (Å²) in [4.78, 5) is 26.4. The van der Waals surface area contributed by atoms with E-state index in [1.807, 2.05) is 20.8 Å². The van der Waals surface area contributed by atoms with Gasteiger partial charge in [0.25, 0.3) is 0 Å². The highest BCUT2D eigenvalue weighted by molar-refractivity contribution is 5.99. The zero-order valence-corrected chi connectivity index (χ0v) is 12.2. The predicted octanol–water partition coefficient (Wildman–Crippen LogP) is 1.07. The Kier molecular flexibility index (Phi) is 3.85. The van der Waals surface area contributed by atoms with Crippen LogP contribution >= 0.6 is 0 Å². The molecule has 1 aliphatic carbocycles. The molecular formula is C14H24N2O3. The largest absolute Gasteiger partial charge is 0.378 e. The van der Waals surface area contributed by atoms with Crippen molar-refractivity contribution >= 4 is 11.8 Å². The number of nitrogens with zero attached hydrogens (tertiary/aromatic N) is 1. The monoisotopic (exact) mass is 268 g/mol. The Morgan fingerprint density at radius 1 is 1.37 bits per heavy atom. The van der Waals surface area contributed by atoms with E-state index >= 15 is 0 Å². The van der Waals surface area contributed by atoms with Gasteiger partial charge in [0.1, 0.15) is 11.6 Å². The van der Waals surface area contributed by atoms with Gasteiger partial charge in [-0.2, -0.15) is 0 Å². The number of carbonyl (C=O) groups is 2. The van der Waals surface area contributed by atoms with Crippen molar-refractivity contribution in [2.75, 3.05) is 6.61 Å². The second kappa shape index (κ2) is 5.12. The van der Waals surface area contributed by atoms with Gasteiger partial charge in [0.2, 0.25) is 11.8 Å².